The second-order valence-electron chi connectivity index (χ2n) is 5.16. The molecular weight excluding hydrogens is 362 g/mol. The number of hydrogen-bond acceptors (Lipinski definition) is 4. The Balaban J connectivity index is 1.73. The van der Waals surface area contributed by atoms with Gasteiger partial charge in [-0.2, -0.15) is 0 Å². The van der Waals surface area contributed by atoms with Crippen LogP contribution in [0.5, 0.6) is 17.2 Å². The van der Waals surface area contributed by atoms with E-state index in [1.165, 1.54) is 0 Å². The summed E-state index contributed by atoms with van der Waals surface area (Å²) in [7, 11) is 1.62. The molecule has 1 aliphatic heterocycles. The van der Waals surface area contributed by atoms with E-state index in [0.29, 0.717) is 17.1 Å². The fourth-order valence-corrected chi connectivity index (χ4v) is 2.91. The molecule has 2 aromatic carbocycles. The molecule has 0 radical (unpaired) electrons. The fourth-order valence-electron chi connectivity index (χ4n) is 2.35. The second-order valence-corrected chi connectivity index (χ2v) is 6.01. The van der Waals surface area contributed by atoms with Gasteiger partial charge in [-0.1, -0.05) is 6.07 Å². The molecule has 2 aromatic rings. The van der Waals surface area contributed by atoms with E-state index in [0.717, 1.165) is 15.8 Å². The highest BCUT2D eigenvalue weighted by molar-refractivity contribution is 9.10. The number of carbonyl (C=O) groups excluding carboxylic acids is 1. The first-order chi connectivity index (χ1) is 11.1. The third-order valence-electron chi connectivity index (χ3n) is 3.66. The minimum absolute atomic E-state index is 0.143. The summed E-state index contributed by atoms with van der Waals surface area (Å²) in [6.45, 7) is 2.12. The summed E-state index contributed by atoms with van der Waals surface area (Å²) in [4.78, 5) is 12.4. The van der Waals surface area contributed by atoms with Gasteiger partial charge in [0, 0.05) is 5.56 Å². The minimum Gasteiger partial charge on any atom is -0.496 e. The Labute approximate surface area is 142 Å². The largest absolute Gasteiger partial charge is 0.496 e. The number of fused-ring (bicyclic) bond motifs is 1. The summed E-state index contributed by atoms with van der Waals surface area (Å²) in [5.74, 6) is 1.84. The van der Waals surface area contributed by atoms with Crippen molar-refractivity contribution in [2.75, 3.05) is 13.9 Å². The zero-order chi connectivity index (χ0) is 16.4. The summed E-state index contributed by atoms with van der Waals surface area (Å²) in [5, 5.41) is 2.97. The van der Waals surface area contributed by atoms with Crippen LogP contribution in [-0.2, 0) is 0 Å². The Morgan fingerprint density at radius 1 is 1.22 bits per heavy atom. The Morgan fingerprint density at radius 3 is 2.74 bits per heavy atom. The molecule has 0 spiro atoms. The maximum Gasteiger partial charge on any atom is 0.251 e. The van der Waals surface area contributed by atoms with Crippen LogP contribution >= 0.6 is 15.9 Å². The molecule has 0 unspecified atom stereocenters. The molecule has 1 amide bonds. The molecule has 120 valence electrons. The molecule has 1 N–H and O–H groups in total. The number of hydrogen-bond donors (Lipinski definition) is 1. The molecule has 0 saturated carbocycles. The SMILES string of the molecule is COc1ccc([C@H](C)NC(=O)c2ccc3c(c2)OCO3)cc1Br. The minimum atomic E-state index is -0.164. The molecule has 0 bridgehead atoms. The van der Waals surface area contributed by atoms with Crippen molar-refractivity contribution in [3.63, 3.8) is 0 Å². The molecule has 6 heteroatoms. The average Bonchev–Trinajstić information content (AvgIpc) is 3.02. The highest BCUT2D eigenvalue weighted by atomic mass is 79.9. The summed E-state index contributed by atoms with van der Waals surface area (Å²) in [6, 6.07) is 10.7. The molecule has 3 rings (SSSR count). The lowest BCUT2D eigenvalue weighted by Gasteiger charge is -2.16. The van der Waals surface area contributed by atoms with Gasteiger partial charge >= 0.3 is 0 Å². The van der Waals surface area contributed by atoms with Gasteiger partial charge in [-0.05, 0) is 58.7 Å². The van der Waals surface area contributed by atoms with E-state index in [9.17, 15) is 4.79 Å². The lowest BCUT2D eigenvalue weighted by atomic mass is 10.1. The highest BCUT2D eigenvalue weighted by Crippen LogP contribution is 2.33. The van der Waals surface area contributed by atoms with Gasteiger partial charge in [0.05, 0.1) is 17.6 Å². The van der Waals surface area contributed by atoms with Gasteiger partial charge in [-0.25, -0.2) is 0 Å². The Bertz CT molecular complexity index is 747. The van der Waals surface area contributed by atoms with E-state index in [-0.39, 0.29) is 18.7 Å². The zero-order valence-corrected chi connectivity index (χ0v) is 14.3. The summed E-state index contributed by atoms with van der Waals surface area (Å²) < 4.78 is 16.6. The van der Waals surface area contributed by atoms with Gasteiger partial charge in [0.25, 0.3) is 5.91 Å². The topological polar surface area (TPSA) is 56.8 Å². The average molecular weight is 378 g/mol. The van der Waals surface area contributed by atoms with Crippen LogP contribution in [0.4, 0.5) is 0 Å². The standard InChI is InChI=1S/C17H16BrNO4/c1-10(11-3-5-14(21-2)13(18)7-11)19-17(20)12-4-6-15-16(8-12)23-9-22-15/h3-8,10H,9H2,1-2H3,(H,19,20)/t10-/m0/s1. The highest BCUT2D eigenvalue weighted by Gasteiger charge is 2.18. The van der Waals surface area contributed by atoms with Crippen LogP contribution in [0.3, 0.4) is 0 Å². The van der Waals surface area contributed by atoms with Gasteiger partial charge in [-0.15, -0.1) is 0 Å². The van der Waals surface area contributed by atoms with Crippen molar-refractivity contribution in [3.8, 4) is 17.2 Å². The van der Waals surface area contributed by atoms with Crippen LogP contribution in [-0.4, -0.2) is 19.8 Å². The van der Waals surface area contributed by atoms with Crippen LogP contribution in [0.2, 0.25) is 0 Å². The van der Waals surface area contributed by atoms with E-state index >= 15 is 0 Å². The molecule has 1 heterocycles. The van der Waals surface area contributed by atoms with Gasteiger partial charge in [-0.3, -0.25) is 4.79 Å². The Kier molecular flexibility index (Phi) is 4.43. The first-order valence-electron chi connectivity index (χ1n) is 7.12. The van der Waals surface area contributed by atoms with E-state index in [1.807, 2.05) is 25.1 Å². The van der Waals surface area contributed by atoms with Crippen molar-refractivity contribution in [2.24, 2.45) is 0 Å². The number of halogens is 1. The third kappa shape index (κ3) is 3.27. The van der Waals surface area contributed by atoms with Crippen molar-refractivity contribution >= 4 is 21.8 Å². The number of nitrogens with one attached hydrogen (secondary N) is 1. The maximum atomic E-state index is 12.4. The maximum absolute atomic E-state index is 12.4. The number of rotatable bonds is 4. The molecule has 1 aliphatic rings. The number of benzene rings is 2. The fraction of sp³-hybridized carbons (Fsp3) is 0.235. The molecular formula is C17H16BrNO4. The van der Waals surface area contributed by atoms with Crippen LogP contribution in [0.1, 0.15) is 28.9 Å². The number of carbonyl (C=O) groups is 1. The van der Waals surface area contributed by atoms with Crippen LogP contribution in [0.15, 0.2) is 40.9 Å². The molecule has 1 atom stereocenters. The number of amides is 1. The Hall–Kier alpha value is -2.21. The van der Waals surface area contributed by atoms with Gasteiger partial charge in [0.1, 0.15) is 5.75 Å². The first-order valence-corrected chi connectivity index (χ1v) is 7.91. The molecule has 23 heavy (non-hydrogen) atoms. The third-order valence-corrected chi connectivity index (χ3v) is 4.28. The molecule has 0 fully saturated rings. The summed E-state index contributed by atoms with van der Waals surface area (Å²) in [6.07, 6.45) is 0. The van der Waals surface area contributed by atoms with Crippen molar-refractivity contribution in [1.29, 1.82) is 0 Å². The van der Waals surface area contributed by atoms with Crippen molar-refractivity contribution in [1.82, 2.24) is 5.32 Å². The molecule has 5 nitrogen and oxygen atoms in total. The predicted octanol–water partition coefficient (Wildman–Crippen LogP) is 3.68. The first kappa shape index (κ1) is 15.7. The van der Waals surface area contributed by atoms with E-state index in [4.69, 9.17) is 14.2 Å². The normalized spacial score (nSPS) is 13.5. The van der Waals surface area contributed by atoms with Crippen LogP contribution < -0.4 is 19.5 Å². The van der Waals surface area contributed by atoms with Crippen molar-refractivity contribution < 1.29 is 19.0 Å². The summed E-state index contributed by atoms with van der Waals surface area (Å²) in [5.41, 5.74) is 1.51. The zero-order valence-electron chi connectivity index (χ0n) is 12.8. The van der Waals surface area contributed by atoms with Gasteiger partial charge in [0.2, 0.25) is 6.79 Å². The van der Waals surface area contributed by atoms with Crippen molar-refractivity contribution in [3.05, 3.63) is 52.0 Å². The summed E-state index contributed by atoms with van der Waals surface area (Å²) >= 11 is 3.45. The number of methoxy groups -OCH3 is 1. The lowest BCUT2D eigenvalue weighted by Crippen LogP contribution is -2.26. The van der Waals surface area contributed by atoms with Crippen LogP contribution in [0.25, 0.3) is 0 Å². The lowest BCUT2D eigenvalue weighted by molar-refractivity contribution is 0.0939. The van der Waals surface area contributed by atoms with Gasteiger partial charge < -0.3 is 19.5 Å². The van der Waals surface area contributed by atoms with E-state index in [1.54, 1.807) is 25.3 Å². The second kappa shape index (κ2) is 6.50. The van der Waals surface area contributed by atoms with Crippen LogP contribution in [0, 0.1) is 0 Å². The predicted molar refractivity (Wildman–Crippen MR) is 89.1 cm³/mol. The van der Waals surface area contributed by atoms with Gasteiger partial charge in [0.15, 0.2) is 11.5 Å². The molecule has 0 aliphatic carbocycles. The molecule has 0 aromatic heterocycles. The monoisotopic (exact) mass is 377 g/mol. The van der Waals surface area contributed by atoms with Crippen molar-refractivity contribution in [2.45, 2.75) is 13.0 Å². The smallest absolute Gasteiger partial charge is 0.251 e. The molecule has 0 saturated heterocycles. The van der Waals surface area contributed by atoms with E-state index < -0.39 is 0 Å². The quantitative estimate of drug-likeness (QED) is 0.882. The Morgan fingerprint density at radius 2 is 2.00 bits per heavy atom. The number of ether oxygens (including phenoxy) is 3. The van der Waals surface area contributed by atoms with E-state index in [2.05, 4.69) is 21.2 Å².